The van der Waals surface area contributed by atoms with Gasteiger partial charge in [0.05, 0.1) is 4.92 Å². The fraction of sp³-hybridized carbons (Fsp3) is 0.696. The Balaban J connectivity index is 1.47. The third kappa shape index (κ3) is 6.25. The average Bonchev–Trinajstić information content (AvgIpc) is 2.96. The number of carbonyl (C=O) groups is 1. The van der Waals surface area contributed by atoms with Crippen molar-refractivity contribution in [3.63, 3.8) is 0 Å². The Morgan fingerprint density at radius 3 is 2.83 bits per heavy atom. The second-order valence-electron chi connectivity index (χ2n) is 8.58. The molecule has 166 valence electrons. The van der Waals surface area contributed by atoms with E-state index in [2.05, 4.69) is 17.1 Å². The molecule has 1 heterocycles. The molecule has 1 fully saturated rings. The number of carbonyl (C=O) groups excluding carboxylic acids is 1. The molecular formula is C23H36N4O3. The fourth-order valence-electron chi connectivity index (χ4n) is 4.76. The predicted octanol–water partition coefficient (Wildman–Crippen LogP) is 3.16. The zero-order chi connectivity index (χ0) is 21.3. The Labute approximate surface area is 180 Å². The molecule has 0 bridgehead atoms. The lowest BCUT2D eigenvalue weighted by molar-refractivity contribution is -0.384. The minimum atomic E-state index is -0.293. The first kappa shape index (κ1) is 22.7. The number of non-ortho nitro benzene ring substituents is 1. The summed E-state index contributed by atoms with van der Waals surface area (Å²) in [4.78, 5) is 27.5. The van der Waals surface area contributed by atoms with Crippen molar-refractivity contribution in [1.82, 2.24) is 15.1 Å². The summed E-state index contributed by atoms with van der Waals surface area (Å²) in [6.45, 7) is 7.76. The summed E-state index contributed by atoms with van der Waals surface area (Å²) in [5, 5.41) is 14.4. The van der Waals surface area contributed by atoms with E-state index < -0.39 is 0 Å². The van der Waals surface area contributed by atoms with Gasteiger partial charge in [0.2, 0.25) is 5.91 Å². The maximum absolute atomic E-state index is 12.1. The number of fused-ring (bicyclic) bond motifs is 1. The molecule has 30 heavy (non-hydrogen) atoms. The molecule has 1 atom stereocenters. The van der Waals surface area contributed by atoms with E-state index in [9.17, 15) is 14.9 Å². The number of nitro benzene ring substituents is 1. The average molecular weight is 417 g/mol. The second kappa shape index (κ2) is 11.4. The number of amides is 1. The summed E-state index contributed by atoms with van der Waals surface area (Å²) in [5.74, 6) is 0.280. The van der Waals surface area contributed by atoms with Gasteiger partial charge in [-0.15, -0.1) is 0 Å². The number of benzene rings is 1. The number of nitrogens with zero attached hydrogens (tertiary/aromatic N) is 3. The molecule has 1 N–H and O–H groups in total. The van der Waals surface area contributed by atoms with Crippen LogP contribution in [0.15, 0.2) is 18.2 Å². The summed E-state index contributed by atoms with van der Waals surface area (Å²) >= 11 is 0. The Hall–Kier alpha value is -1.99. The third-order valence-corrected chi connectivity index (χ3v) is 6.43. The third-order valence-electron chi connectivity index (χ3n) is 6.43. The van der Waals surface area contributed by atoms with Crippen molar-refractivity contribution >= 4 is 11.6 Å². The van der Waals surface area contributed by atoms with E-state index in [-0.39, 0.29) is 16.5 Å². The number of hydrogen-bond acceptors (Lipinski definition) is 5. The molecule has 0 spiro atoms. The molecule has 1 amide bonds. The smallest absolute Gasteiger partial charge is 0.269 e. The van der Waals surface area contributed by atoms with E-state index in [4.69, 9.17) is 0 Å². The number of hydrogen-bond donors (Lipinski definition) is 1. The molecule has 0 saturated carbocycles. The van der Waals surface area contributed by atoms with Crippen molar-refractivity contribution in [2.75, 3.05) is 39.3 Å². The largest absolute Gasteiger partial charge is 0.341 e. The molecule has 1 aliphatic carbocycles. The van der Waals surface area contributed by atoms with Crippen molar-refractivity contribution < 1.29 is 9.72 Å². The molecule has 1 unspecified atom stereocenters. The van der Waals surface area contributed by atoms with Gasteiger partial charge in [-0.25, -0.2) is 0 Å². The van der Waals surface area contributed by atoms with Gasteiger partial charge >= 0.3 is 0 Å². The molecule has 0 aromatic heterocycles. The number of nitrogens with one attached hydrogen (secondary N) is 1. The van der Waals surface area contributed by atoms with Gasteiger partial charge in [-0.2, -0.15) is 0 Å². The Morgan fingerprint density at radius 2 is 2.03 bits per heavy atom. The minimum Gasteiger partial charge on any atom is -0.341 e. The highest BCUT2D eigenvalue weighted by Gasteiger charge is 2.25. The first-order chi connectivity index (χ1) is 14.6. The zero-order valence-corrected chi connectivity index (χ0v) is 18.3. The number of nitro groups is 1. The molecular weight excluding hydrogens is 380 g/mol. The van der Waals surface area contributed by atoms with Crippen LogP contribution in [-0.2, 0) is 17.6 Å². The molecule has 1 aliphatic heterocycles. The molecule has 1 aromatic rings. The van der Waals surface area contributed by atoms with Crippen molar-refractivity contribution in [2.24, 2.45) is 0 Å². The molecule has 1 aromatic carbocycles. The highest BCUT2D eigenvalue weighted by molar-refractivity contribution is 5.76. The Bertz CT molecular complexity index is 724. The topological polar surface area (TPSA) is 78.7 Å². The van der Waals surface area contributed by atoms with Gasteiger partial charge in [0.15, 0.2) is 0 Å². The first-order valence-corrected chi connectivity index (χ1v) is 11.6. The first-order valence-electron chi connectivity index (χ1n) is 11.6. The van der Waals surface area contributed by atoms with Gasteiger partial charge in [0.1, 0.15) is 0 Å². The van der Waals surface area contributed by atoms with Crippen molar-refractivity contribution in [1.29, 1.82) is 0 Å². The van der Waals surface area contributed by atoms with Crippen LogP contribution in [0.1, 0.15) is 56.6 Å². The maximum atomic E-state index is 12.1. The van der Waals surface area contributed by atoms with Crippen LogP contribution in [-0.4, -0.2) is 65.9 Å². The van der Waals surface area contributed by atoms with E-state index in [1.165, 1.54) is 5.56 Å². The van der Waals surface area contributed by atoms with E-state index in [0.29, 0.717) is 12.5 Å². The minimum absolute atomic E-state index is 0.203. The fourth-order valence-corrected chi connectivity index (χ4v) is 4.76. The summed E-state index contributed by atoms with van der Waals surface area (Å²) < 4.78 is 0. The zero-order valence-electron chi connectivity index (χ0n) is 18.3. The van der Waals surface area contributed by atoms with E-state index in [1.54, 1.807) is 12.1 Å². The van der Waals surface area contributed by atoms with Gasteiger partial charge in [0, 0.05) is 50.8 Å². The Morgan fingerprint density at radius 1 is 1.17 bits per heavy atom. The van der Waals surface area contributed by atoms with Gasteiger partial charge in [-0.1, -0.05) is 19.4 Å². The standard InChI is InChI=1S/C23H36N4O3/c1-2-13-25(14-4-3-5-15-26-16-12-24-11-10-23(26)28)21-8-6-19-7-9-22(27(29)30)18-20(19)17-21/h7,9,18,21,24H,2-6,8,10-17H2,1H3. The van der Waals surface area contributed by atoms with Crippen LogP contribution in [0.5, 0.6) is 0 Å². The van der Waals surface area contributed by atoms with Crippen LogP contribution < -0.4 is 5.32 Å². The van der Waals surface area contributed by atoms with Gasteiger partial charge in [-0.3, -0.25) is 14.9 Å². The van der Waals surface area contributed by atoms with Crippen LogP contribution in [0, 0.1) is 10.1 Å². The van der Waals surface area contributed by atoms with E-state index in [0.717, 1.165) is 89.8 Å². The quantitative estimate of drug-likeness (QED) is 0.360. The van der Waals surface area contributed by atoms with Crippen LogP contribution in [0.2, 0.25) is 0 Å². The highest BCUT2D eigenvalue weighted by Crippen LogP contribution is 2.28. The molecule has 0 radical (unpaired) electrons. The highest BCUT2D eigenvalue weighted by atomic mass is 16.6. The second-order valence-corrected chi connectivity index (χ2v) is 8.58. The lowest BCUT2D eigenvalue weighted by Crippen LogP contribution is -2.40. The van der Waals surface area contributed by atoms with Gasteiger partial charge in [-0.05, 0) is 62.7 Å². The van der Waals surface area contributed by atoms with Crippen LogP contribution in [0.25, 0.3) is 0 Å². The molecule has 7 nitrogen and oxygen atoms in total. The SMILES string of the molecule is CCCN(CCCCCN1CCNCCC1=O)C1CCc2ccc([N+](=O)[O-])cc2C1. The van der Waals surface area contributed by atoms with Crippen molar-refractivity contribution in [3.8, 4) is 0 Å². The monoisotopic (exact) mass is 416 g/mol. The number of unbranched alkanes of at least 4 members (excludes halogenated alkanes) is 2. The van der Waals surface area contributed by atoms with Crippen molar-refractivity contribution in [3.05, 3.63) is 39.4 Å². The normalized spacial score (nSPS) is 19.6. The lowest BCUT2D eigenvalue weighted by Gasteiger charge is -2.35. The Kier molecular flexibility index (Phi) is 8.63. The van der Waals surface area contributed by atoms with Crippen LogP contribution in [0.4, 0.5) is 5.69 Å². The lowest BCUT2D eigenvalue weighted by atomic mass is 9.87. The van der Waals surface area contributed by atoms with E-state index in [1.807, 2.05) is 11.0 Å². The maximum Gasteiger partial charge on any atom is 0.269 e. The molecule has 2 aliphatic rings. The van der Waals surface area contributed by atoms with Gasteiger partial charge in [0.25, 0.3) is 5.69 Å². The van der Waals surface area contributed by atoms with Gasteiger partial charge < -0.3 is 15.1 Å². The summed E-state index contributed by atoms with van der Waals surface area (Å²) in [5.41, 5.74) is 2.62. The summed E-state index contributed by atoms with van der Waals surface area (Å²) in [7, 11) is 0. The molecule has 7 heteroatoms. The molecule has 3 rings (SSSR count). The molecule has 1 saturated heterocycles. The summed E-state index contributed by atoms with van der Waals surface area (Å²) in [6, 6.07) is 5.82. The number of aryl methyl sites for hydroxylation is 1. The predicted molar refractivity (Wildman–Crippen MR) is 119 cm³/mol. The van der Waals surface area contributed by atoms with E-state index >= 15 is 0 Å². The summed E-state index contributed by atoms with van der Waals surface area (Å²) in [6.07, 6.45) is 8.10. The van der Waals surface area contributed by atoms with Crippen LogP contribution in [0.3, 0.4) is 0 Å². The van der Waals surface area contributed by atoms with Crippen LogP contribution >= 0.6 is 0 Å². The number of rotatable bonds is 10. The van der Waals surface area contributed by atoms with Crippen molar-refractivity contribution in [2.45, 2.75) is 64.3 Å².